The van der Waals surface area contributed by atoms with E-state index >= 15 is 0 Å². The molecule has 4 nitrogen and oxygen atoms in total. The molecule has 0 amide bonds. The summed E-state index contributed by atoms with van der Waals surface area (Å²) in [6.45, 7) is 7.36. The number of rotatable bonds is 7. The Morgan fingerprint density at radius 3 is 2.60 bits per heavy atom. The summed E-state index contributed by atoms with van der Waals surface area (Å²) in [6, 6.07) is 8.22. The highest BCUT2D eigenvalue weighted by molar-refractivity contribution is 14.0. The summed E-state index contributed by atoms with van der Waals surface area (Å²) in [5, 5.41) is 16.8. The zero-order valence-electron chi connectivity index (χ0n) is 14.6. The molecule has 0 aromatic carbocycles. The number of aliphatic hydroxyl groups is 1. The predicted molar refractivity (Wildman–Crippen MR) is 121 cm³/mol. The molecule has 8 heteroatoms. The highest BCUT2D eigenvalue weighted by Crippen LogP contribution is 2.26. The SMILES string of the molecule is CCNC(=NCC(O)c1ccc(Cl)s1)NC(C)Cc1ccc(C)s1.I. The Kier molecular flexibility index (Phi) is 10.3. The van der Waals surface area contributed by atoms with E-state index in [0.717, 1.165) is 23.8 Å². The van der Waals surface area contributed by atoms with Crippen molar-refractivity contribution in [2.24, 2.45) is 4.99 Å². The first-order valence-electron chi connectivity index (χ1n) is 8.01. The van der Waals surface area contributed by atoms with Crippen LogP contribution in [0.25, 0.3) is 0 Å². The standard InChI is InChI=1S/C17H24ClN3OS2.HI/c1-4-19-17(20-10-14(22)15-7-8-16(18)24-15)21-11(2)9-13-6-5-12(3)23-13;/h5-8,11,14,22H,4,9-10H2,1-3H3,(H2,19,20,21);1H. The van der Waals surface area contributed by atoms with Crippen molar-refractivity contribution in [3.05, 3.63) is 43.2 Å². The van der Waals surface area contributed by atoms with Crippen molar-refractivity contribution in [2.45, 2.75) is 39.3 Å². The van der Waals surface area contributed by atoms with Crippen LogP contribution in [0, 0.1) is 6.92 Å². The van der Waals surface area contributed by atoms with Crippen molar-refractivity contribution in [1.29, 1.82) is 0 Å². The van der Waals surface area contributed by atoms with Crippen LogP contribution in [0.5, 0.6) is 0 Å². The summed E-state index contributed by atoms with van der Waals surface area (Å²) >= 11 is 9.12. The average molecular weight is 514 g/mol. The number of guanidine groups is 1. The highest BCUT2D eigenvalue weighted by atomic mass is 127. The number of aliphatic imine (C=N–C) groups is 1. The lowest BCUT2D eigenvalue weighted by Crippen LogP contribution is -2.43. The van der Waals surface area contributed by atoms with Gasteiger partial charge in [-0.25, -0.2) is 0 Å². The average Bonchev–Trinajstić information content (AvgIpc) is 3.13. The first-order valence-corrected chi connectivity index (χ1v) is 10.0. The van der Waals surface area contributed by atoms with Gasteiger partial charge in [0, 0.05) is 33.6 Å². The minimum Gasteiger partial charge on any atom is -0.386 e. The van der Waals surface area contributed by atoms with E-state index in [9.17, 15) is 5.11 Å². The van der Waals surface area contributed by atoms with Gasteiger partial charge in [-0.1, -0.05) is 11.6 Å². The lowest BCUT2D eigenvalue weighted by atomic mass is 10.2. The second-order valence-corrected chi connectivity index (χ2v) is 8.76. The molecule has 2 heterocycles. The molecule has 0 aliphatic rings. The molecule has 2 aromatic heterocycles. The maximum absolute atomic E-state index is 10.2. The van der Waals surface area contributed by atoms with E-state index in [2.05, 4.69) is 41.6 Å². The molecule has 140 valence electrons. The van der Waals surface area contributed by atoms with Crippen LogP contribution in [0.15, 0.2) is 29.3 Å². The van der Waals surface area contributed by atoms with Gasteiger partial charge in [0.15, 0.2) is 5.96 Å². The molecule has 0 spiro atoms. The van der Waals surface area contributed by atoms with Gasteiger partial charge in [-0.05, 0) is 45.0 Å². The van der Waals surface area contributed by atoms with E-state index in [0.29, 0.717) is 10.9 Å². The molecule has 2 unspecified atom stereocenters. The van der Waals surface area contributed by atoms with Gasteiger partial charge in [0.1, 0.15) is 6.10 Å². The molecule has 0 radical (unpaired) electrons. The second kappa shape index (κ2) is 11.4. The van der Waals surface area contributed by atoms with Gasteiger partial charge < -0.3 is 15.7 Å². The third kappa shape index (κ3) is 7.82. The lowest BCUT2D eigenvalue weighted by molar-refractivity contribution is 0.191. The van der Waals surface area contributed by atoms with Crippen molar-refractivity contribution < 1.29 is 5.11 Å². The largest absolute Gasteiger partial charge is 0.386 e. The van der Waals surface area contributed by atoms with Crippen LogP contribution in [0.4, 0.5) is 0 Å². The summed E-state index contributed by atoms with van der Waals surface area (Å²) in [4.78, 5) is 8.02. The molecular weight excluding hydrogens is 489 g/mol. The fourth-order valence-corrected chi connectivity index (χ4v) is 4.33. The highest BCUT2D eigenvalue weighted by Gasteiger charge is 2.12. The van der Waals surface area contributed by atoms with E-state index in [1.807, 2.05) is 24.3 Å². The van der Waals surface area contributed by atoms with Crippen molar-refractivity contribution in [3.63, 3.8) is 0 Å². The van der Waals surface area contributed by atoms with Gasteiger partial charge >= 0.3 is 0 Å². The normalized spacial score (nSPS) is 13.9. The van der Waals surface area contributed by atoms with Gasteiger partial charge in [-0.3, -0.25) is 4.99 Å². The quantitative estimate of drug-likeness (QED) is 0.288. The van der Waals surface area contributed by atoms with Gasteiger partial charge in [0.2, 0.25) is 0 Å². The zero-order chi connectivity index (χ0) is 17.5. The molecule has 25 heavy (non-hydrogen) atoms. The van der Waals surface area contributed by atoms with Gasteiger partial charge in [0.25, 0.3) is 0 Å². The van der Waals surface area contributed by atoms with Crippen molar-refractivity contribution in [3.8, 4) is 0 Å². The lowest BCUT2D eigenvalue weighted by Gasteiger charge is -2.18. The Morgan fingerprint density at radius 1 is 1.28 bits per heavy atom. The number of hydrogen-bond acceptors (Lipinski definition) is 4. The van der Waals surface area contributed by atoms with Crippen LogP contribution in [0.1, 0.15) is 34.6 Å². The zero-order valence-corrected chi connectivity index (χ0v) is 19.3. The summed E-state index contributed by atoms with van der Waals surface area (Å²) in [5.74, 6) is 0.722. The Balaban J connectivity index is 0.00000312. The first-order chi connectivity index (χ1) is 11.5. The maximum atomic E-state index is 10.2. The van der Waals surface area contributed by atoms with Gasteiger partial charge in [-0.15, -0.1) is 46.7 Å². The second-order valence-electron chi connectivity index (χ2n) is 5.64. The molecule has 0 aliphatic carbocycles. The van der Waals surface area contributed by atoms with E-state index in [1.54, 1.807) is 6.07 Å². The minimum atomic E-state index is -0.631. The summed E-state index contributed by atoms with van der Waals surface area (Å²) in [7, 11) is 0. The molecule has 2 aromatic rings. The fraction of sp³-hybridized carbons (Fsp3) is 0.471. The van der Waals surface area contributed by atoms with Crippen LogP contribution < -0.4 is 10.6 Å². The Hall–Kier alpha value is -0.350. The van der Waals surface area contributed by atoms with Gasteiger partial charge in [-0.2, -0.15) is 0 Å². The van der Waals surface area contributed by atoms with Crippen molar-refractivity contribution in [1.82, 2.24) is 10.6 Å². The predicted octanol–water partition coefficient (Wildman–Crippen LogP) is 4.61. The third-order valence-electron chi connectivity index (χ3n) is 3.38. The van der Waals surface area contributed by atoms with E-state index in [1.165, 1.54) is 21.1 Å². The number of nitrogens with one attached hydrogen (secondary N) is 2. The fourth-order valence-electron chi connectivity index (χ4n) is 2.28. The van der Waals surface area contributed by atoms with Crippen LogP contribution in [0.2, 0.25) is 4.34 Å². The minimum absolute atomic E-state index is 0. The summed E-state index contributed by atoms with van der Waals surface area (Å²) in [5.41, 5.74) is 0. The molecule has 0 saturated heterocycles. The molecular formula is C17H25ClIN3OS2. The van der Waals surface area contributed by atoms with E-state index in [-0.39, 0.29) is 30.0 Å². The Labute approximate surface area is 179 Å². The number of aliphatic hydroxyl groups excluding tert-OH is 1. The molecule has 0 bridgehead atoms. The molecule has 0 aliphatic heterocycles. The Bertz CT molecular complexity index is 674. The summed E-state index contributed by atoms with van der Waals surface area (Å²) in [6.07, 6.45) is 0.319. The molecule has 2 rings (SSSR count). The summed E-state index contributed by atoms with van der Waals surface area (Å²) < 4.78 is 0.679. The van der Waals surface area contributed by atoms with Crippen LogP contribution in [-0.4, -0.2) is 30.2 Å². The number of nitrogens with zero attached hydrogens (tertiary/aromatic N) is 1. The molecule has 0 fully saturated rings. The van der Waals surface area contributed by atoms with Gasteiger partial charge in [0.05, 0.1) is 10.9 Å². The Morgan fingerprint density at radius 2 is 2.04 bits per heavy atom. The number of halogens is 2. The molecule has 2 atom stereocenters. The maximum Gasteiger partial charge on any atom is 0.191 e. The van der Waals surface area contributed by atoms with Crippen molar-refractivity contribution in [2.75, 3.05) is 13.1 Å². The molecule has 3 N–H and O–H groups in total. The third-order valence-corrected chi connectivity index (χ3v) is 5.73. The number of thiophene rings is 2. The first kappa shape index (κ1) is 22.7. The van der Waals surface area contributed by atoms with Crippen molar-refractivity contribution >= 4 is 64.2 Å². The van der Waals surface area contributed by atoms with Crippen LogP contribution in [-0.2, 0) is 6.42 Å². The van der Waals surface area contributed by atoms with Crippen LogP contribution in [0.3, 0.4) is 0 Å². The smallest absolute Gasteiger partial charge is 0.191 e. The number of hydrogen-bond donors (Lipinski definition) is 3. The molecule has 0 saturated carbocycles. The monoisotopic (exact) mass is 513 g/mol. The van der Waals surface area contributed by atoms with E-state index < -0.39 is 6.10 Å². The topological polar surface area (TPSA) is 56.7 Å². The van der Waals surface area contributed by atoms with E-state index in [4.69, 9.17) is 11.6 Å². The van der Waals surface area contributed by atoms with Crippen LogP contribution >= 0.6 is 58.3 Å². The number of aryl methyl sites for hydroxylation is 1.